The number of pyridine rings is 1. The Bertz CT molecular complexity index is 940. The molecule has 0 amide bonds. The van der Waals surface area contributed by atoms with Gasteiger partial charge in [0.05, 0.1) is 45.9 Å². The van der Waals surface area contributed by atoms with Gasteiger partial charge < -0.3 is 14.6 Å². The van der Waals surface area contributed by atoms with Crippen LogP contribution in [0.4, 0.5) is 5.82 Å². The molecule has 4 rings (SSSR count). The number of aromatic nitrogens is 3. The molecule has 1 aliphatic heterocycles. The van der Waals surface area contributed by atoms with Crippen LogP contribution in [0.1, 0.15) is 18.5 Å². The van der Waals surface area contributed by atoms with Gasteiger partial charge in [0.1, 0.15) is 5.82 Å². The lowest BCUT2D eigenvalue weighted by Crippen LogP contribution is -2.32. The number of hydrogen-bond donors (Lipinski definition) is 1. The number of imidazole rings is 1. The minimum Gasteiger partial charge on any atom is -0.394 e. The van der Waals surface area contributed by atoms with E-state index in [4.69, 9.17) is 28.2 Å². The number of aliphatic hydroxyl groups is 1. The number of rotatable bonds is 3. The van der Waals surface area contributed by atoms with Gasteiger partial charge in [0.25, 0.3) is 0 Å². The average Bonchev–Trinajstić information content (AvgIpc) is 3.26. The van der Waals surface area contributed by atoms with Crippen LogP contribution in [0, 0.1) is 6.92 Å². The van der Waals surface area contributed by atoms with Gasteiger partial charge in [0.15, 0.2) is 0 Å². The Morgan fingerprint density at radius 1 is 1.32 bits per heavy atom. The van der Waals surface area contributed by atoms with E-state index < -0.39 is 0 Å². The highest BCUT2D eigenvalue weighted by atomic mass is 35.5. The lowest BCUT2D eigenvalue weighted by atomic mass is 10.1. The molecule has 1 saturated heterocycles. The molecule has 1 N–H and O–H groups in total. The van der Waals surface area contributed by atoms with E-state index in [0.29, 0.717) is 15.6 Å². The van der Waals surface area contributed by atoms with Crippen LogP contribution in [-0.4, -0.2) is 38.8 Å². The second-order valence-electron chi connectivity index (χ2n) is 6.35. The summed E-state index contributed by atoms with van der Waals surface area (Å²) >= 11 is 12.7. The SMILES string of the molecule is Cc1cn(-c2cc(N3CCC[C@H]3CO)nc3c(Cl)c(Cl)ccc23)cn1. The summed E-state index contributed by atoms with van der Waals surface area (Å²) < 4.78 is 1.97. The standard InChI is InChI=1S/C18H18Cl2N4O/c1-11-8-23(10-21-11)15-7-16(24-6-2-3-12(24)9-25)22-18-13(15)4-5-14(19)17(18)20/h4-5,7-8,10,12,25H,2-3,6,9H2,1H3/t12-/m0/s1. The molecule has 3 aromatic rings. The molecular formula is C18H18Cl2N4O. The molecule has 130 valence electrons. The van der Waals surface area contributed by atoms with Crippen LogP contribution in [0.5, 0.6) is 0 Å². The molecule has 1 fully saturated rings. The normalized spacial score (nSPS) is 17.6. The van der Waals surface area contributed by atoms with E-state index in [1.54, 1.807) is 12.4 Å². The van der Waals surface area contributed by atoms with Crippen molar-refractivity contribution in [3.63, 3.8) is 0 Å². The summed E-state index contributed by atoms with van der Waals surface area (Å²) in [6.45, 7) is 2.93. The van der Waals surface area contributed by atoms with Crippen LogP contribution >= 0.6 is 23.2 Å². The average molecular weight is 377 g/mol. The van der Waals surface area contributed by atoms with Gasteiger partial charge in [0.2, 0.25) is 0 Å². The monoisotopic (exact) mass is 376 g/mol. The molecule has 2 aromatic heterocycles. The van der Waals surface area contributed by atoms with E-state index >= 15 is 0 Å². The van der Waals surface area contributed by atoms with Crippen molar-refractivity contribution >= 4 is 39.9 Å². The molecule has 7 heteroatoms. The summed E-state index contributed by atoms with van der Waals surface area (Å²) in [7, 11) is 0. The molecule has 0 unspecified atom stereocenters. The fraction of sp³-hybridized carbons (Fsp3) is 0.333. The van der Waals surface area contributed by atoms with Gasteiger partial charge in [-0.3, -0.25) is 0 Å². The first-order chi connectivity index (χ1) is 12.1. The number of benzene rings is 1. The molecule has 0 saturated carbocycles. The Morgan fingerprint density at radius 3 is 2.88 bits per heavy atom. The predicted octanol–water partition coefficient (Wildman–Crippen LogP) is 4.00. The Morgan fingerprint density at radius 2 is 2.16 bits per heavy atom. The number of fused-ring (bicyclic) bond motifs is 1. The minimum atomic E-state index is 0.0836. The summed E-state index contributed by atoms with van der Waals surface area (Å²) in [5, 5.41) is 11.5. The molecule has 1 aromatic carbocycles. The Hall–Kier alpha value is -1.82. The van der Waals surface area contributed by atoms with Crippen LogP contribution in [0.3, 0.4) is 0 Å². The highest BCUT2D eigenvalue weighted by molar-refractivity contribution is 6.45. The van der Waals surface area contributed by atoms with Crippen LogP contribution in [-0.2, 0) is 0 Å². The number of halogens is 2. The maximum Gasteiger partial charge on any atom is 0.131 e. The fourth-order valence-corrected chi connectivity index (χ4v) is 3.80. The highest BCUT2D eigenvalue weighted by Crippen LogP contribution is 2.36. The second kappa shape index (κ2) is 6.48. The summed E-state index contributed by atoms with van der Waals surface area (Å²) in [5.41, 5.74) is 2.54. The van der Waals surface area contributed by atoms with Gasteiger partial charge in [0, 0.05) is 24.2 Å². The van der Waals surface area contributed by atoms with Crippen molar-refractivity contribution in [3.8, 4) is 5.69 Å². The third kappa shape index (κ3) is 2.86. The Balaban J connectivity index is 1.97. The zero-order chi connectivity index (χ0) is 17.6. The number of anilines is 1. The first-order valence-electron chi connectivity index (χ1n) is 8.25. The summed E-state index contributed by atoms with van der Waals surface area (Å²) in [4.78, 5) is 11.2. The third-order valence-corrected chi connectivity index (χ3v) is 5.50. The quantitative estimate of drug-likeness (QED) is 0.750. The highest BCUT2D eigenvalue weighted by Gasteiger charge is 2.26. The van der Waals surface area contributed by atoms with Crippen molar-refractivity contribution in [2.24, 2.45) is 0 Å². The first kappa shape index (κ1) is 16.6. The molecule has 5 nitrogen and oxygen atoms in total. The third-order valence-electron chi connectivity index (χ3n) is 4.71. The molecule has 3 heterocycles. The molecule has 0 bridgehead atoms. The molecular weight excluding hydrogens is 359 g/mol. The molecule has 1 atom stereocenters. The van der Waals surface area contributed by atoms with Crippen molar-refractivity contribution in [2.75, 3.05) is 18.1 Å². The van der Waals surface area contributed by atoms with E-state index in [2.05, 4.69) is 9.88 Å². The van der Waals surface area contributed by atoms with Crippen LogP contribution in [0.2, 0.25) is 10.0 Å². The van der Waals surface area contributed by atoms with Crippen molar-refractivity contribution in [2.45, 2.75) is 25.8 Å². The zero-order valence-electron chi connectivity index (χ0n) is 13.8. The van der Waals surface area contributed by atoms with E-state index in [-0.39, 0.29) is 12.6 Å². The predicted molar refractivity (Wildman–Crippen MR) is 101 cm³/mol. The summed E-state index contributed by atoms with van der Waals surface area (Å²) in [5.74, 6) is 0.801. The fourth-order valence-electron chi connectivity index (χ4n) is 3.44. The molecule has 0 radical (unpaired) electrons. The lowest BCUT2D eigenvalue weighted by Gasteiger charge is -2.25. The first-order valence-corrected chi connectivity index (χ1v) is 9.01. The van der Waals surface area contributed by atoms with Crippen LogP contribution < -0.4 is 4.90 Å². The molecule has 0 spiro atoms. The minimum absolute atomic E-state index is 0.0836. The van der Waals surface area contributed by atoms with E-state index in [1.807, 2.05) is 29.8 Å². The lowest BCUT2D eigenvalue weighted by molar-refractivity contribution is 0.266. The smallest absolute Gasteiger partial charge is 0.131 e. The largest absolute Gasteiger partial charge is 0.394 e. The van der Waals surface area contributed by atoms with Crippen LogP contribution in [0.15, 0.2) is 30.7 Å². The van der Waals surface area contributed by atoms with Gasteiger partial charge >= 0.3 is 0 Å². The van der Waals surface area contributed by atoms with Gasteiger partial charge in [-0.05, 0) is 31.9 Å². The number of aryl methyl sites for hydroxylation is 1. The van der Waals surface area contributed by atoms with E-state index in [0.717, 1.165) is 42.0 Å². The zero-order valence-corrected chi connectivity index (χ0v) is 15.3. The maximum atomic E-state index is 9.67. The van der Waals surface area contributed by atoms with Crippen molar-refractivity contribution in [3.05, 3.63) is 46.5 Å². The Kier molecular flexibility index (Phi) is 4.31. The summed E-state index contributed by atoms with van der Waals surface area (Å²) in [6, 6.07) is 5.83. The van der Waals surface area contributed by atoms with E-state index in [9.17, 15) is 5.11 Å². The Labute approximate surface area is 155 Å². The molecule has 1 aliphatic rings. The number of aliphatic hydroxyl groups excluding tert-OH is 1. The topological polar surface area (TPSA) is 54.2 Å². The summed E-state index contributed by atoms with van der Waals surface area (Å²) in [6.07, 6.45) is 5.74. The molecule has 0 aliphatic carbocycles. The number of hydrogen-bond acceptors (Lipinski definition) is 4. The van der Waals surface area contributed by atoms with Gasteiger partial charge in [-0.25, -0.2) is 9.97 Å². The maximum absolute atomic E-state index is 9.67. The van der Waals surface area contributed by atoms with Gasteiger partial charge in [-0.2, -0.15) is 0 Å². The van der Waals surface area contributed by atoms with Gasteiger partial charge in [-0.15, -0.1) is 0 Å². The van der Waals surface area contributed by atoms with Gasteiger partial charge in [-0.1, -0.05) is 23.2 Å². The van der Waals surface area contributed by atoms with Crippen molar-refractivity contribution in [1.82, 2.24) is 14.5 Å². The number of nitrogens with zero attached hydrogens (tertiary/aromatic N) is 4. The van der Waals surface area contributed by atoms with Crippen molar-refractivity contribution in [1.29, 1.82) is 0 Å². The second-order valence-corrected chi connectivity index (χ2v) is 7.14. The molecule has 25 heavy (non-hydrogen) atoms. The van der Waals surface area contributed by atoms with Crippen LogP contribution in [0.25, 0.3) is 16.6 Å². The van der Waals surface area contributed by atoms with Crippen molar-refractivity contribution < 1.29 is 5.11 Å². The van der Waals surface area contributed by atoms with E-state index in [1.165, 1.54) is 0 Å².